The van der Waals surface area contributed by atoms with Gasteiger partial charge < -0.3 is 19.9 Å². The number of carbonyl (C=O) groups excluding carboxylic acids is 2. The molecule has 0 aliphatic carbocycles. The molecule has 1 N–H and O–H groups in total. The van der Waals surface area contributed by atoms with E-state index >= 15 is 0 Å². The van der Waals surface area contributed by atoms with E-state index in [1.54, 1.807) is 0 Å². The summed E-state index contributed by atoms with van der Waals surface area (Å²) < 4.78 is 5.44. The van der Waals surface area contributed by atoms with Crippen LogP contribution < -0.4 is 5.32 Å². The summed E-state index contributed by atoms with van der Waals surface area (Å²) in [7, 11) is 0. The van der Waals surface area contributed by atoms with Crippen LogP contribution in [-0.4, -0.2) is 73.1 Å². The minimum absolute atomic E-state index is 0. The van der Waals surface area contributed by atoms with Gasteiger partial charge in [-0.15, -0.1) is 12.4 Å². The molecular weight excluding hydrogens is 294 g/mol. The Bertz CT molecular complexity index is 338. The minimum atomic E-state index is -0.242. The third kappa shape index (κ3) is 3.67. The molecule has 0 radical (unpaired) electrons. The fourth-order valence-electron chi connectivity index (χ4n) is 3.24. The number of nitrogens with zero attached hydrogens (tertiary/aromatic N) is 2. The molecule has 3 heterocycles. The molecule has 0 aromatic rings. The highest BCUT2D eigenvalue weighted by atomic mass is 35.5. The van der Waals surface area contributed by atoms with Crippen LogP contribution in [0.15, 0.2) is 0 Å². The Labute approximate surface area is 131 Å². The van der Waals surface area contributed by atoms with Crippen molar-refractivity contribution in [2.45, 2.75) is 37.8 Å². The van der Waals surface area contributed by atoms with Crippen molar-refractivity contribution < 1.29 is 14.3 Å². The summed E-state index contributed by atoms with van der Waals surface area (Å²) in [5.74, 6) is 0.306. The first-order chi connectivity index (χ1) is 9.75. The number of carbonyl (C=O) groups is 2. The van der Waals surface area contributed by atoms with Gasteiger partial charge in [0.1, 0.15) is 6.10 Å². The van der Waals surface area contributed by atoms with Crippen molar-refractivity contribution in [2.75, 3.05) is 39.3 Å². The quantitative estimate of drug-likeness (QED) is 0.779. The standard InChI is InChI=1S/C14H23N3O3.ClH/c18-13(11-3-1-5-15-11)16-6-8-17(9-7-16)14(19)12-4-2-10-20-12;/h11-12,15H,1-10H2;1H. The smallest absolute Gasteiger partial charge is 0.251 e. The number of hydrogen-bond donors (Lipinski definition) is 1. The van der Waals surface area contributed by atoms with Crippen molar-refractivity contribution in [1.29, 1.82) is 0 Å². The molecule has 3 aliphatic rings. The normalized spacial score (nSPS) is 29.3. The van der Waals surface area contributed by atoms with Crippen LogP contribution in [0.2, 0.25) is 0 Å². The van der Waals surface area contributed by atoms with E-state index in [9.17, 15) is 9.59 Å². The maximum absolute atomic E-state index is 12.3. The van der Waals surface area contributed by atoms with Crippen LogP contribution in [-0.2, 0) is 14.3 Å². The Kier molecular flexibility index (Phi) is 5.84. The first kappa shape index (κ1) is 16.5. The van der Waals surface area contributed by atoms with Crippen LogP contribution in [0.5, 0.6) is 0 Å². The van der Waals surface area contributed by atoms with Gasteiger partial charge in [0, 0.05) is 32.8 Å². The number of hydrogen-bond acceptors (Lipinski definition) is 4. The molecule has 2 amide bonds. The zero-order valence-corrected chi connectivity index (χ0v) is 13.1. The average molecular weight is 318 g/mol. The van der Waals surface area contributed by atoms with Crippen LogP contribution in [0.1, 0.15) is 25.7 Å². The lowest BCUT2D eigenvalue weighted by atomic mass is 10.1. The summed E-state index contributed by atoms with van der Waals surface area (Å²) in [5.41, 5.74) is 0. The van der Waals surface area contributed by atoms with Crippen molar-refractivity contribution >= 4 is 24.2 Å². The molecule has 21 heavy (non-hydrogen) atoms. The van der Waals surface area contributed by atoms with Gasteiger partial charge in [0.25, 0.3) is 5.91 Å². The van der Waals surface area contributed by atoms with Gasteiger partial charge in [-0.25, -0.2) is 0 Å². The molecule has 2 atom stereocenters. The summed E-state index contributed by atoms with van der Waals surface area (Å²) in [5, 5.41) is 3.24. The third-order valence-corrected chi connectivity index (χ3v) is 4.47. The molecule has 3 rings (SSSR count). The van der Waals surface area contributed by atoms with Crippen LogP contribution in [0, 0.1) is 0 Å². The summed E-state index contributed by atoms with van der Waals surface area (Å²) >= 11 is 0. The summed E-state index contributed by atoms with van der Waals surface area (Å²) in [6.45, 7) is 4.20. The second kappa shape index (κ2) is 7.42. The number of rotatable bonds is 2. The highest BCUT2D eigenvalue weighted by Gasteiger charge is 2.33. The molecule has 6 nitrogen and oxygen atoms in total. The maximum atomic E-state index is 12.3. The van der Waals surface area contributed by atoms with Crippen molar-refractivity contribution in [3.05, 3.63) is 0 Å². The molecule has 0 saturated carbocycles. The van der Waals surface area contributed by atoms with E-state index in [1.807, 2.05) is 9.80 Å². The second-order valence-corrected chi connectivity index (χ2v) is 5.80. The molecule has 0 aromatic heterocycles. The lowest BCUT2D eigenvalue weighted by molar-refractivity contribution is -0.146. The molecular formula is C14H24ClN3O3. The van der Waals surface area contributed by atoms with Gasteiger partial charge in [0.2, 0.25) is 5.91 Å². The lowest BCUT2D eigenvalue weighted by Gasteiger charge is -2.36. The fraction of sp³-hybridized carbons (Fsp3) is 0.857. The molecule has 7 heteroatoms. The number of ether oxygens (including phenoxy) is 1. The Morgan fingerprint density at radius 1 is 0.952 bits per heavy atom. The van der Waals surface area contributed by atoms with E-state index in [1.165, 1.54) is 0 Å². The van der Waals surface area contributed by atoms with Crippen molar-refractivity contribution in [3.8, 4) is 0 Å². The highest BCUT2D eigenvalue weighted by Crippen LogP contribution is 2.17. The molecule has 120 valence electrons. The Morgan fingerprint density at radius 2 is 1.62 bits per heavy atom. The Balaban J connectivity index is 0.00000161. The summed E-state index contributed by atoms with van der Waals surface area (Å²) in [4.78, 5) is 28.2. The van der Waals surface area contributed by atoms with Gasteiger partial charge >= 0.3 is 0 Å². The summed E-state index contributed by atoms with van der Waals surface area (Å²) in [6.07, 6.45) is 3.59. The molecule has 3 saturated heterocycles. The van der Waals surface area contributed by atoms with Crippen molar-refractivity contribution in [2.24, 2.45) is 0 Å². The van der Waals surface area contributed by atoms with Gasteiger partial charge in [-0.2, -0.15) is 0 Å². The second-order valence-electron chi connectivity index (χ2n) is 5.80. The lowest BCUT2D eigenvalue weighted by Crippen LogP contribution is -2.55. The first-order valence-electron chi connectivity index (χ1n) is 7.68. The zero-order valence-electron chi connectivity index (χ0n) is 12.3. The summed E-state index contributed by atoms with van der Waals surface area (Å²) in [6, 6.07) is -0.00424. The largest absolute Gasteiger partial charge is 0.368 e. The minimum Gasteiger partial charge on any atom is -0.368 e. The van der Waals surface area contributed by atoms with Crippen LogP contribution >= 0.6 is 12.4 Å². The number of halogens is 1. The van der Waals surface area contributed by atoms with E-state index in [2.05, 4.69) is 5.32 Å². The number of amides is 2. The van der Waals surface area contributed by atoms with Gasteiger partial charge in [-0.05, 0) is 32.2 Å². The number of piperazine rings is 1. The number of nitrogens with one attached hydrogen (secondary N) is 1. The SMILES string of the molecule is Cl.O=C(C1CCCN1)N1CCN(C(=O)C2CCCO2)CC1. The average Bonchev–Trinajstić information content (AvgIpc) is 3.18. The van der Waals surface area contributed by atoms with E-state index in [-0.39, 0.29) is 36.4 Å². The van der Waals surface area contributed by atoms with E-state index in [4.69, 9.17) is 4.74 Å². The molecule has 2 unspecified atom stereocenters. The Morgan fingerprint density at radius 3 is 2.14 bits per heavy atom. The van der Waals surface area contributed by atoms with Gasteiger partial charge in [-0.3, -0.25) is 9.59 Å². The molecule has 0 spiro atoms. The van der Waals surface area contributed by atoms with Crippen LogP contribution in [0.25, 0.3) is 0 Å². The first-order valence-corrected chi connectivity index (χ1v) is 7.68. The van der Waals surface area contributed by atoms with Crippen LogP contribution in [0.4, 0.5) is 0 Å². The van der Waals surface area contributed by atoms with Crippen molar-refractivity contribution in [3.63, 3.8) is 0 Å². The Hall–Kier alpha value is -0.850. The van der Waals surface area contributed by atoms with E-state index < -0.39 is 0 Å². The van der Waals surface area contributed by atoms with Gasteiger partial charge in [0.15, 0.2) is 0 Å². The third-order valence-electron chi connectivity index (χ3n) is 4.47. The van der Waals surface area contributed by atoms with Crippen molar-refractivity contribution in [1.82, 2.24) is 15.1 Å². The molecule has 0 bridgehead atoms. The van der Waals surface area contributed by atoms with Crippen LogP contribution in [0.3, 0.4) is 0 Å². The monoisotopic (exact) mass is 317 g/mol. The molecule has 3 aliphatic heterocycles. The zero-order chi connectivity index (χ0) is 13.9. The van der Waals surface area contributed by atoms with E-state index in [0.29, 0.717) is 32.8 Å². The molecule has 0 aromatic carbocycles. The molecule has 3 fully saturated rings. The fourth-order valence-corrected chi connectivity index (χ4v) is 3.24. The maximum Gasteiger partial charge on any atom is 0.251 e. The predicted octanol–water partition coefficient (Wildman–Crippen LogP) is 0.0100. The van der Waals surface area contributed by atoms with Gasteiger partial charge in [0.05, 0.1) is 6.04 Å². The van der Waals surface area contributed by atoms with E-state index in [0.717, 1.165) is 32.2 Å². The van der Waals surface area contributed by atoms with Gasteiger partial charge in [-0.1, -0.05) is 0 Å². The topological polar surface area (TPSA) is 61.9 Å². The predicted molar refractivity (Wildman–Crippen MR) is 80.4 cm³/mol. The highest BCUT2D eigenvalue weighted by molar-refractivity contribution is 5.85.